The molecule has 0 saturated carbocycles. The first-order chi connectivity index (χ1) is 15.7. The average molecular weight is 464 g/mol. The highest BCUT2D eigenvalue weighted by Crippen LogP contribution is 2.49. The first kappa shape index (κ1) is 23.1. The topological polar surface area (TPSA) is 175 Å². The molecule has 33 heavy (non-hydrogen) atoms. The number of carbonyl (C=O) groups is 1. The van der Waals surface area contributed by atoms with Crippen LogP contribution < -0.4 is 14.2 Å². The van der Waals surface area contributed by atoms with Gasteiger partial charge in [-0.3, -0.25) is 4.79 Å². The van der Waals surface area contributed by atoms with E-state index in [0.717, 1.165) is 0 Å². The molecular formula is C22H24O11. The lowest BCUT2D eigenvalue weighted by Crippen LogP contribution is -2.60. The molecule has 0 amide bonds. The zero-order chi connectivity index (χ0) is 23.9. The van der Waals surface area contributed by atoms with Gasteiger partial charge in [-0.2, -0.15) is 0 Å². The second-order valence-corrected chi connectivity index (χ2v) is 7.77. The molecule has 178 valence electrons. The number of hydrogen-bond acceptors (Lipinski definition) is 11. The van der Waals surface area contributed by atoms with Gasteiger partial charge in [0.05, 0.1) is 20.1 Å². The van der Waals surface area contributed by atoms with E-state index in [9.17, 15) is 35.4 Å². The molecule has 0 spiro atoms. The predicted molar refractivity (Wildman–Crippen MR) is 109 cm³/mol. The highest BCUT2D eigenvalue weighted by Gasteiger charge is 2.45. The Morgan fingerprint density at radius 3 is 2.39 bits per heavy atom. The van der Waals surface area contributed by atoms with Crippen molar-refractivity contribution in [3.05, 3.63) is 41.5 Å². The largest absolute Gasteiger partial charge is 0.508 e. The van der Waals surface area contributed by atoms with Crippen molar-refractivity contribution < 1.29 is 54.4 Å². The fraction of sp³-hybridized carbons (Fsp3) is 0.409. The van der Waals surface area contributed by atoms with E-state index in [1.165, 1.54) is 25.3 Å². The summed E-state index contributed by atoms with van der Waals surface area (Å²) >= 11 is 0. The second-order valence-electron chi connectivity index (χ2n) is 7.77. The third kappa shape index (κ3) is 4.16. The molecule has 0 unspecified atom stereocenters. The molecule has 2 aromatic carbocycles. The number of ether oxygens (including phenoxy) is 4. The van der Waals surface area contributed by atoms with E-state index < -0.39 is 54.9 Å². The van der Waals surface area contributed by atoms with Crippen molar-refractivity contribution >= 4 is 5.78 Å². The molecule has 2 heterocycles. The Bertz CT molecular complexity index is 1020. The van der Waals surface area contributed by atoms with Crippen LogP contribution in [-0.4, -0.2) is 80.8 Å². The number of aliphatic hydroxyl groups excluding tert-OH is 4. The monoisotopic (exact) mass is 464 g/mol. The molecule has 11 nitrogen and oxygen atoms in total. The first-order valence-electron chi connectivity index (χ1n) is 10.1. The van der Waals surface area contributed by atoms with Gasteiger partial charge in [0.2, 0.25) is 12.0 Å². The summed E-state index contributed by atoms with van der Waals surface area (Å²) in [6, 6.07) is 7.50. The van der Waals surface area contributed by atoms with Crippen molar-refractivity contribution in [1.29, 1.82) is 0 Å². The van der Waals surface area contributed by atoms with Gasteiger partial charge in [-0.25, -0.2) is 0 Å². The maximum Gasteiger partial charge on any atom is 0.229 e. The van der Waals surface area contributed by atoms with E-state index in [2.05, 4.69) is 0 Å². The lowest BCUT2D eigenvalue weighted by molar-refractivity contribution is -0.277. The van der Waals surface area contributed by atoms with Crippen LogP contribution in [0.25, 0.3) is 0 Å². The Labute approximate surface area is 188 Å². The summed E-state index contributed by atoms with van der Waals surface area (Å²) in [6.45, 7) is -0.664. The molecule has 0 aromatic heterocycles. The molecule has 1 saturated heterocycles. The SMILES string of the molecule is COc1cc2c(c(O)c1O[C@H]1O[C@@H](CO)[C@H](O)[C@@H](O)[C@@H]1O)C(=O)C[C@H](c1ccc(O)cc1)O2. The molecular weight excluding hydrogens is 440 g/mol. The van der Waals surface area contributed by atoms with Gasteiger partial charge in [0.1, 0.15) is 47.6 Å². The van der Waals surface area contributed by atoms with E-state index in [4.69, 9.17) is 18.9 Å². The Morgan fingerprint density at radius 2 is 1.76 bits per heavy atom. The van der Waals surface area contributed by atoms with Crippen molar-refractivity contribution in [1.82, 2.24) is 0 Å². The number of fused-ring (bicyclic) bond motifs is 1. The van der Waals surface area contributed by atoms with Crippen molar-refractivity contribution in [2.24, 2.45) is 0 Å². The quantitative estimate of drug-likeness (QED) is 0.351. The Kier molecular flexibility index (Phi) is 6.32. The smallest absolute Gasteiger partial charge is 0.229 e. The minimum Gasteiger partial charge on any atom is -0.508 e. The maximum absolute atomic E-state index is 12.9. The Morgan fingerprint density at radius 1 is 1.06 bits per heavy atom. The van der Waals surface area contributed by atoms with Gasteiger partial charge in [0.25, 0.3) is 0 Å². The van der Waals surface area contributed by atoms with Crippen molar-refractivity contribution in [2.45, 2.75) is 43.2 Å². The van der Waals surface area contributed by atoms with E-state index >= 15 is 0 Å². The Balaban J connectivity index is 1.66. The van der Waals surface area contributed by atoms with Crippen LogP contribution in [0.1, 0.15) is 28.4 Å². The van der Waals surface area contributed by atoms with Crippen LogP contribution in [0.15, 0.2) is 30.3 Å². The van der Waals surface area contributed by atoms with Gasteiger partial charge < -0.3 is 49.6 Å². The zero-order valence-corrected chi connectivity index (χ0v) is 17.5. The van der Waals surface area contributed by atoms with Crippen LogP contribution in [0.2, 0.25) is 0 Å². The fourth-order valence-electron chi connectivity index (χ4n) is 3.85. The van der Waals surface area contributed by atoms with E-state index in [1.54, 1.807) is 12.1 Å². The number of rotatable bonds is 5. The van der Waals surface area contributed by atoms with Crippen molar-refractivity contribution in [3.8, 4) is 28.7 Å². The molecule has 6 N–H and O–H groups in total. The van der Waals surface area contributed by atoms with Gasteiger partial charge in [0, 0.05) is 6.07 Å². The number of aliphatic hydroxyl groups is 4. The van der Waals surface area contributed by atoms with E-state index in [1.807, 2.05) is 0 Å². The number of hydrogen-bond donors (Lipinski definition) is 6. The van der Waals surface area contributed by atoms with Gasteiger partial charge in [-0.1, -0.05) is 12.1 Å². The summed E-state index contributed by atoms with van der Waals surface area (Å²) in [4.78, 5) is 12.9. The van der Waals surface area contributed by atoms with Crippen LogP contribution in [0.4, 0.5) is 0 Å². The van der Waals surface area contributed by atoms with Crippen LogP contribution in [0.3, 0.4) is 0 Å². The van der Waals surface area contributed by atoms with E-state index in [0.29, 0.717) is 5.56 Å². The molecule has 0 radical (unpaired) electrons. The predicted octanol–water partition coefficient (Wildman–Crippen LogP) is -0.00840. The normalized spacial score (nSPS) is 29.2. The number of carbonyl (C=O) groups excluding carboxylic acids is 1. The molecule has 2 aromatic rings. The first-order valence-corrected chi connectivity index (χ1v) is 10.1. The minimum absolute atomic E-state index is 0.0415. The lowest BCUT2D eigenvalue weighted by atomic mass is 9.95. The summed E-state index contributed by atoms with van der Waals surface area (Å²) in [7, 11) is 1.28. The number of methoxy groups -OCH3 is 1. The third-order valence-corrected chi connectivity index (χ3v) is 5.67. The van der Waals surface area contributed by atoms with Gasteiger partial charge in [-0.15, -0.1) is 0 Å². The summed E-state index contributed by atoms with van der Waals surface area (Å²) in [6.07, 6.45) is -8.59. The maximum atomic E-state index is 12.9. The van der Waals surface area contributed by atoms with Crippen LogP contribution in [-0.2, 0) is 4.74 Å². The number of aromatic hydroxyl groups is 2. The standard InChI is InChI=1S/C22H24O11/c1-30-14-7-13-16(11(25)6-12(31-13)9-2-4-10(24)5-3-9)18(27)21(14)33-22-20(29)19(28)17(26)15(8-23)32-22/h2-5,7,12,15,17,19-20,22-24,26-29H,6,8H2,1H3/t12-,15+,17+,19-,20+,22-/m1/s1. The number of benzene rings is 2. The molecule has 2 aliphatic rings. The van der Waals surface area contributed by atoms with Crippen molar-refractivity contribution in [2.75, 3.05) is 13.7 Å². The molecule has 4 rings (SSSR count). The summed E-state index contributed by atoms with van der Waals surface area (Å²) in [5, 5.41) is 59.8. The zero-order valence-electron chi connectivity index (χ0n) is 17.5. The lowest BCUT2D eigenvalue weighted by Gasteiger charge is -2.39. The average Bonchev–Trinajstić information content (AvgIpc) is 2.80. The second kappa shape index (κ2) is 9.04. The van der Waals surface area contributed by atoms with E-state index in [-0.39, 0.29) is 35.0 Å². The summed E-state index contributed by atoms with van der Waals surface area (Å²) in [5.41, 5.74) is 0.484. The van der Waals surface area contributed by atoms with Crippen molar-refractivity contribution in [3.63, 3.8) is 0 Å². The number of ketones is 1. The molecule has 0 aliphatic carbocycles. The van der Waals surface area contributed by atoms with Crippen LogP contribution >= 0.6 is 0 Å². The number of phenolic OH excluding ortho intramolecular Hbond substituents is 2. The molecule has 11 heteroatoms. The fourth-order valence-corrected chi connectivity index (χ4v) is 3.85. The summed E-state index contributed by atoms with van der Waals surface area (Å²) in [5.74, 6) is -1.36. The molecule has 2 aliphatic heterocycles. The van der Waals surface area contributed by atoms with Crippen LogP contribution in [0.5, 0.6) is 28.7 Å². The van der Waals surface area contributed by atoms with Gasteiger partial charge in [-0.05, 0) is 17.7 Å². The van der Waals surface area contributed by atoms with Gasteiger partial charge in [0.15, 0.2) is 17.3 Å². The van der Waals surface area contributed by atoms with Gasteiger partial charge >= 0.3 is 0 Å². The number of Topliss-reactive ketones (excluding diaryl/α,β-unsaturated/α-hetero) is 1. The minimum atomic E-state index is -1.73. The Hall–Kier alpha value is -3.09. The summed E-state index contributed by atoms with van der Waals surface area (Å²) < 4.78 is 22.0. The highest BCUT2D eigenvalue weighted by atomic mass is 16.7. The molecule has 6 atom stereocenters. The number of phenols is 2. The molecule has 0 bridgehead atoms. The third-order valence-electron chi connectivity index (χ3n) is 5.67. The van der Waals surface area contributed by atoms with Crippen LogP contribution in [0, 0.1) is 0 Å². The molecule has 1 fully saturated rings. The highest BCUT2D eigenvalue weighted by molar-refractivity contribution is 6.03.